The van der Waals surface area contributed by atoms with Crippen molar-refractivity contribution in [3.63, 3.8) is 0 Å². The Morgan fingerprint density at radius 3 is 2.00 bits per heavy atom. The Morgan fingerprint density at radius 2 is 1.67 bits per heavy atom. The fourth-order valence-corrected chi connectivity index (χ4v) is 1.29. The Hall–Kier alpha value is -0.790. The van der Waals surface area contributed by atoms with E-state index in [-0.39, 0.29) is 0 Å². The van der Waals surface area contributed by atoms with Crippen molar-refractivity contribution in [2.24, 2.45) is 0 Å². The molecule has 0 radical (unpaired) electrons. The Morgan fingerprint density at radius 1 is 1.20 bits per heavy atom. The Kier molecular flexibility index (Phi) is 7.10. The van der Waals surface area contributed by atoms with Crippen LogP contribution in [0.4, 0.5) is 0 Å². The Balaban J connectivity index is 0.000000921. The molecule has 0 saturated heterocycles. The van der Waals surface area contributed by atoms with Crippen molar-refractivity contribution in [1.82, 2.24) is 0 Å². The summed E-state index contributed by atoms with van der Waals surface area (Å²) in [6.45, 7) is 6.00. The van der Waals surface area contributed by atoms with Crippen molar-refractivity contribution in [3.05, 3.63) is 48.6 Å². The van der Waals surface area contributed by atoms with Gasteiger partial charge < -0.3 is 0 Å². The first kappa shape index (κ1) is 14.2. The maximum atomic E-state index is 6.05. The Bertz CT molecular complexity index is 324. The van der Waals surface area contributed by atoms with E-state index in [0.29, 0.717) is 5.88 Å². The summed E-state index contributed by atoms with van der Waals surface area (Å²) in [5, 5.41) is 0.737. The van der Waals surface area contributed by atoms with Gasteiger partial charge in [0.15, 0.2) is 0 Å². The molecule has 3 heteroatoms. The second-order valence-electron chi connectivity index (χ2n) is 3.02. The summed E-state index contributed by atoms with van der Waals surface area (Å²) in [6, 6.07) is 7.91. The maximum absolute atomic E-state index is 6.05. The molecule has 1 aromatic carbocycles. The van der Waals surface area contributed by atoms with Crippen LogP contribution in [0.5, 0.6) is 0 Å². The van der Waals surface area contributed by atoms with Crippen molar-refractivity contribution in [1.29, 1.82) is 0 Å². The first-order valence-electron chi connectivity index (χ1n) is 4.50. The molecule has 0 bridgehead atoms. The third-order valence-corrected chi connectivity index (χ3v) is 2.60. The van der Waals surface area contributed by atoms with Gasteiger partial charge >= 0.3 is 0 Å². The van der Waals surface area contributed by atoms with E-state index >= 15 is 0 Å². The van der Waals surface area contributed by atoms with Crippen LogP contribution >= 0.6 is 23.2 Å². The van der Waals surface area contributed by atoms with E-state index in [0.717, 1.165) is 16.3 Å². The van der Waals surface area contributed by atoms with Gasteiger partial charge in [-0.1, -0.05) is 12.1 Å². The van der Waals surface area contributed by atoms with Crippen LogP contribution in [0, 0.1) is 0 Å². The molecule has 0 amide bonds. The van der Waals surface area contributed by atoms with Crippen LogP contribution in [-0.4, -0.2) is 23.8 Å². The van der Waals surface area contributed by atoms with E-state index in [9.17, 15) is 0 Å². The Labute approximate surface area is 102 Å². The molecule has 0 fully saturated rings. The molecule has 0 saturated carbocycles. The fourth-order valence-electron chi connectivity index (χ4n) is 0.990. The summed E-state index contributed by atoms with van der Waals surface area (Å²) in [6.07, 6.45) is 0. The molecule has 82 valence electrons. The minimum atomic E-state index is 0.542. The molecule has 0 aliphatic carbocycles. The lowest BCUT2D eigenvalue weighted by Gasteiger charge is -1.98. The molecule has 0 spiro atoms. The molecule has 0 aliphatic heterocycles. The predicted molar refractivity (Wildman–Crippen MR) is 69.3 cm³/mol. The summed E-state index contributed by atoms with van der Waals surface area (Å²) in [5.74, 6) is 0.542. The number of alkyl halides is 1. The first-order chi connectivity index (χ1) is 7.15. The van der Waals surface area contributed by atoms with Gasteiger partial charge in [0.1, 0.15) is 14.1 Å². The number of nitrogens with zero attached hydrogens (tertiary/aromatic N) is 1. The average molecular weight is 245 g/mol. The van der Waals surface area contributed by atoms with Crippen molar-refractivity contribution in [2.75, 3.05) is 14.1 Å². The van der Waals surface area contributed by atoms with Crippen LogP contribution < -0.4 is 0 Å². The zero-order chi connectivity index (χ0) is 11.8. The van der Waals surface area contributed by atoms with E-state index in [1.807, 2.05) is 42.9 Å². The molecule has 0 unspecified atom stereocenters. The fraction of sp³-hybridized carbons (Fsp3) is 0.250. The lowest BCUT2D eigenvalue weighted by Crippen LogP contribution is -2.07. The van der Waals surface area contributed by atoms with Crippen molar-refractivity contribution in [2.45, 2.75) is 5.88 Å². The van der Waals surface area contributed by atoms with Crippen LogP contribution in [0.1, 0.15) is 11.1 Å². The number of benzene rings is 1. The quantitative estimate of drug-likeness (QED) is 0.325. The summed E-state index contributed by atoms with van der Waals surface area (Å²) in [5.41, 5.74) is 2.12. The largest absolute Gasteiger partial charge is 0.276 e. The van der Waals surface area contributed by atoms with Crippen molar-refractivity contribution in [3.8, 4) is 0 Å². The maximum Gasteiger partial charge on any atom is 0.276 e. The minimum Gasteiger partial charge on any atom is -0.225 e. The van der Waals surface area contributed by atoms with Crippen LogP contribution in [0.2, 0.25) is 0 Å². The van der Waals surface area contributed by atoms with E-state index < -0.39 is 0 Å². The van der Waals surface area contributed by atoms with E-state index in [1.165, 1.54) is 0 Å². The van der Waals surface area contributed by atoms with Gasteiger partial charge in [-0.25, -0.2) is 4.58 Å². The highest BCUT2D eigenvalue weighted by Gasteiger charge is 2.06. The van der Waals surface area contributed by atoms with Gasteiger partial charge in [-0.15, -0.1) is 24.8 Å². The number of hydrogen-bond donors (Lipinski definition) is 0. The van der Waals surface area contributed by atoms with Gasteiger partial charge in [0, 0.05) is 5.88 Å². The molecule has 0 heterocycles. The summed E-state index contributed by atoms with van der Waals surface area (Å²) < 4.78 is 1.87. The zero-order valence-electron chi connectivity index (χ0n) is 9.13. The molecule has 0 N–H and O–H groups in total. The molecule has 1 rings (SSSR count). The molecule has 0 aromatic heterocycles. The van der Waals surface area contributed by atoms with Crippen molar-refractivity contribution >= 4 is 28.4 Å². The van der Waals surface area contributed by atoms with Gasteiger partial charge in [-0.2, -0.15) is 0 Å². The molecule has 1 aromatic rings. The average Bonchev–Trinajstić information content (AvgIpc) is 2.31. The summed E-state index contributed by atoms with van der Waals surface area (Å²) >= 11 is 11.7. The second kappa shape index (κ2) is 7.49. The van der Waals surface area contributed by atoms with E-state index in [4.69, 9.17) is 23.2 Å². The lowest BCUT2D eigenvalue weighted by molar-refractivity contribution is -0.461. The topological polar surface area (TPSA) is 3.01 Å². The normalized spacial score (nSPS) is 8.80. The number of hydrogen-bond acceptors (Lipinski definition) is 0. The van der Waals surface area contributed by atoms with E-state index in [1.54, 1.807) is 0 Å². The lowest BCUT2D eigenvalue weighted by atomic mass is 10.2. The molecule has 1 nitrogen and oxygen atoms in total. The van der Waals surface area contributed by atoms with Crippen LogP contribution in [0.15, 0.2) is 37.4 Å². The standard InChI is InChI=1S/C10H12Cl2N.C2H4/c1-13(2)10(12)9-5-3-8(7-11)4-6-9;1-2/h3-6H,7H2,1-2H3;1-2H2/q+1;. The molecule has 15 heavy (non-hydrogen) atoms. The van der Waals surface area contributed by atoms with Gasteiger partial charge in [-0.3, -0.25) is 0 Å². The minimum absolute atomic E-state index is 0.542. The van der Waals surface area contributed by atoms with Gasteiger partial charge in [-0.05, 0) is 29.3 Å². The summed E-state index contributed by atoms with van der Waals surface area (Å²) in [7, 11) is 3.83. The van der Waals surface area contributed by atoms with Gasteiger partial charge in [0.05, 0.1) is 5.56 Å². The zero-order valence-corrected chi connectivity index (χ0v) is 10.6. The first-order valence-corrected chi connectivity index (χ1v) is 5.41. The second-order valence-corrected chi connectivity index (χ2v) is 3.64. The highest BCUT2D eigenvalue weighted by molar-refractivity contribution is 6.68. The molecule has 0 aliphatic rings. The van der Waals surface area contributed by atoms with Gasteiger partial charge in [0.2, 0.25) is 0 Å². The van der Waals surface area contributed by atoms with Crippen LogP contribution in [0.3, 0.4) is 0 Å². The third-order valence-electron chi connectivity index (χ3n) is 1.74. The highest BCUT2D eigenvalue weighted by Crippen LogP contribution is 2.09. The third kappa shape index (κ3) is 4.50. The number of halogens is 2. The van der Waals surface area contributed by atoms with E-state index in [2.05, 4.69) is 13.2 Å². The van der Waals surface area contributed by atoms with Gasteiger partial charge in [0.25, 0.3) is 5.17 Å². The molecular weight excluding hydrogens is 229 g/mol. The van der Waals surface area contributed by atoms with Crippen LogP contribution in [0.25, 0.3) is 0 Å². The molecule has 0 atom stereocenters. The SMILES string of the molecule is C=C.C[N+](C)=C(Cl)c1ccc(CCl)cc1. The monoisotopic (exact) mass is 244 g/mol. The van der Waals surface area contributed by atoms with Crippen molar-refractivity contribution < 1.29 is 4.58 Å². The predicted octanol–water partition coefficient (Wildman–Crippen LogP) is 3.49. The highest BCUT2D eigenvalue weighted by atomic mass is 35.5. The number of rotatable bonds is 2. The summed E-state index contributed by atoms with van der Waals surface area (Å²) in [4.78, 5) is 0. The van der Waals surface area contributed by atoms with Crippen LogP contribution in [-0.2, 0) is 5.88 Å². The smallest absolute Gasteiger partial charge is 0.225 e. The molecular formula is C12H16Cl2N+.